The molecule has 1 N–H and O–H groups in total. The minimum absolute atomic E-state index is 0.464. The van der Waals surface area contributed by atoms with Crippen molar-refractivity contribution in [2.45, 2.75) is 27.2 Å². The molecule has 0 bridgehead atoms. The van der Waals surface area contributed by atoms with E-state index in [9.17, 15) is 4.39 Å². The van der Waals surface area contributed by atoms with Gasteiger partial charge in [-0.2, -0.15) is 9.65 Å². The molecule has 0 unspecified atom stereocenters. The number of nitrogens with one attached hydrogen (secondary N) is 1. The average molecular weight is 322 g/mol. The Balaban J connectivity index is 0.00000100. The van der Waals surface area contributed by atoms with Crippen molar-refractivity contribution in [2.24, 2.45) is 0 Å². The van der Waals surface area contributed by atoms with Crippen LogP contribution in [0.25, 0.3) is 10.9 Å². The molecule has 3 aromatic rings. The highest BCUT2D eigenvalue weighted by Gasteiger charge is 2.06. The number of pyridine rings is 2. The van der Waals surface area contributed by atoms with Gasteiger partial charge in [-0.15, -0.1) is 0 Å². The first kappa shape index (κ1) is 17.4. The Kier molecular flexibility index (Phi) is 5.80. The summed E-state index contributed by atoms with van der Waals surface area (Å²) in [7, 11) is 0. The van der Waals surface area contributed by atoms with Crippen molar-refractivity contribution in [3.63, 3.8) is 0 Å². The summed E-state index contributed by atoms with van der Waals surface area (Å²) in [6, 6.07) is 12.4. The second-order valence-electron chi connectivity index (χ2n) is 4.86. The van der Waals surface area contributed by atoms with Gasteiger partial charge in [-0.3, -0.25) is 0 Å². The predicted molar refractivity (Wildman–Crippen MR) is 94.7 cm³/mol. The molecule has 5 heteroatoms. The van der Waals surface area contributed by atoms with Crippen LogP contribution in [0.15, 0.2) is 42.6 Å². The number of rotatable bonds is 3. The number of aromatic nitrogens is 2. The van der Waals surface area contributed by atoms with Crippen molar-refractivity contribution in [1.29, 1.82) is 5.26 Å². The maximum atomic E-state index is 13.4. The van der Waals surface area contributed by atoms with Gasteiger partial charge in [0.1, 0.15) is 5.82 Å². The molecule has 0 aliphatic carbocycles. The highest BCUT2D eigenvalue weighted by atomic mass is 19.1. The van der Waals surface area contributed by atoms with E-state index < -0.39 is 5.95 Å². The van der Waals surface area contributed by atoms with Gasteiger partial charge in [0.25, 0.3) is 0 Å². The van der Waals surface area contributed by atoms with Gasteiger partial charge in [0.2, 0.25) is 5.95 Å². The van der Waals surface area contributed by atoms with Gasteiger partial charge < -0.3 is 5.32 Å². The van der Waals surface area contributed by atoms with Crippen molar-refractivity contribution in [1.82, 2.24) is 9.97 Å². The number of fused-ring (bicyclic) bond motifs is 1. The van der Waals surface area contributed by atoms with Crippen molar-refractivity contribution in [3.8, 4) is 6.07 Å². The molecule has 4 nitrogen and oxygen atoms in total. The Morgan fingerprint density at radius 1 is 1.17 bits per heavy atom. The molecule has 0 spiro atoms. The third kappa shape index (κ3) is 3.85. The second-order valence-corrected chi connectivity index (χ2v) is 4.86. The largest absolute Gasteiger partial charge is 0.340 e. The maximum absolute atomic E-state index is 13.4. The van der Waals surface area contributed by atoms with E-state index in [2.05, 4.69) is 21.4 Å². The molecule has 1 aromatic carbocycles. The summed E-state index contributed by atoms with van der Waals surface area (Å²) < 4.78 is 13.4. The van der Waals surface area contributed by atoms with E-state index in [0.717, 1.165) is 23.1 Å². The third-order valence-electron chi connectivity index (χ3n) is 3.41. The fraction of sp³-hybridized carbons (Fsp3) is 0.211. The molecule has 0 fully saturated rings. The number of benzene rings is 1. The van der Waals surface area contributed by atoms with Crippen LogP contribution in [0.4, 0.5) is 15.9 Å². The zero-order chi connectivity index (χ0) is 17.5. The molecular weight excluding hydrogens is 303 g/mol. The minimum atomic E-state index is -0.464. The normalized spacial score (nSPS) is 9.79. The summed E-state index contributed by atoms with van der Waals surface area (Å²) in [5.41, 5.74) is 2.89. The van der Waals surface area contributed by atoms with Crippen LogP contribution >= 0.6 is 0 Å². The van der Waals surface area contributed by atoms with Crippen LogP contribution in [-0.4, -0.2) is 9.97 Å². The van der Waals surface area contributed by atoms with Gasteiger partial charge >= 0.3 is 0 Å². The van der Waals surface area contributed by atoms with E-state index in [4.69, 9.17) is 5.26 Å². The predicted octanol–water partition coefficient (Wildman–Crippen LogP) is 4.97. The molecule has 0 aliphatic heterocycles. The number of halogens is 1. The highest BCUT2D eigenvalue weighted by molar-refractivity contribution is 5.86. The van der Waals surface area contributed by atoms with Gasteiger partial charge in [0, 0.05) is 17.3 Å². The van der Waals surface area contributed by atoms with E-state index in [0.29, 0.717) is 16.9 Å². The van der Waals surface area contributed by atoms with E-state index in [1.807, 2.05) is 32.9 Å². The summed E-state index contributed by atoms with van der Waals surface area (Å²) in [4.78, 5) is 8.09. The first-order valence-electron chi connectivity index (χ1n) is 7.92. The van der Waals surface area contributed by atoms with Crippen LogP contribution in [0.3, 0.4) is 0 Å². The number of anilines is 2. The lowest BCUT2D eigenvalue weighted by Gasteiger charge is -2.09. The fourth-order valence-corrected chi connectivity index (χ4v) is 2.35. The summed E-state index contributed by atoms with van der Waals surface area (Å²) in [5.74, 6) is 0.125. The number of hydrogen-bond acceptors (Lipinski definition) is 4. The lowest BCUT2D eigenvalue weighted by molar-refractivity contribution is 0.587. The zero-order valence-corrected chi connectivity index (χ0v) is 14.0. The van der Waals surface area contributed by atoms with E-state index in [-0.39, 0.29) is 0 Å². The third-order valence-corrected chi connectivity index (χ3v) is 3.41. The average Bonchev–Trinajstić information content (AvgIpc) is 2.63. The van der Waals surface area contributed by atoms with Crippen LogP contribution in [0, 0.1) is 17.3 Å². The Morgan fingerprint density at radius 3 is 2.67 bits per heavy atom. The molecule has 3 rings (SSSR count). The van der Waals surface area contributed by atoms with Gasteiger partial charge in [0.15, 0.2) is 0 Å². The first-order valence-corrected chi connectivity index (χ1v) is 7.92. The molecule has 0 amide bonds. The molecule has 0 saturated carbocycles. The molecule has 24 heavy (non-hydrogen) atoms. The Morgan fingerprint density at radius 2 is 1.96 bits per heavy atom. The zero-order valence-electron chi connectivity index (χ0n) is 14.0. The number of aryl methyl sites for hydroxylation is 1. The number of hydrogen-bond donors (Lipinski definition) is 1. The van der Waals surface area contributed by atoms with Crippen LogP contribution in [-0.2, 0) is 6.42 Å². The van der Waals surface area contributed by atoms with Gasteiger partial charge in [-0.25, -0.2) is 9.97 Å². The SMILES string of the molecule is CC.CCc1cc(F)nc2ccc(Nc3cc(C#N)ccn3)cc12. The van der Waals surface area contributed by atoms with Crippen LogP contribution in [0.2, 0.25) is 0 Å². The lowest BCUT2D eigenvalue weighted by atomic mass is 10.1. The van der Waals surface area contributed by atoms with Crippen molar-refractivity contribution in [2.75, 3.05) is 5.32 Å². The quantitative estimate of drug-likeness (QED) is 0.691. The molecule has 2 heterocycles. The van der Waals surface area contributed by atoms with Crippen molar-refractivity contribution in [3.05, 3.63) is 59.7 Å². The van der Waals surface area contributed by atoms with Gasteiger partial charge in [-0.1, -0.05) is 20.8 Å². The Hall–Kier alpha value is -3.00. The molecule has 122 valence electrons. The lowest BCUT2D eigenvalue weighted by Crippen LogP contribution is -1.96. The van der Waals surface area contributed by atoms with Gasteiger partial charge in [-0.05, 0) is 48.4 Å². The molecule has 0 atom stereocenters. The van der Waals surface area contributed by atoms with Crippen molar-refractivity contribution >= 4 is 22.4 Å². The van der Waals surface area contributed by atoms with Crippen LogP contribution < -0.4 is 5.32 Å². The smallest absolute Gasteiger partial charge is 0.213 e. The summed E-state index contributed by atoms with van der Waals surface area (Å²) >= 11 is 0. The molecule has 0 saturated heterocycles. The number of nitriles is 1. The summed E-state index contributed by atoms with van der Waals surface area (Å²) in [5, 5.41) is 13.0. The van der Waals surface area contributed by atoms with Crippen LogP contribution in [0.1, 0.15) is 31.9 Å². The first-order chi connectivity index (χ1) is 11.7. The molecular formula is C19H19FN4. The van der Waals surface area contributed by atoms with E-state index in [1.165, 1.54) is 6.07 Å². The number of nitrogens with zero attached hydrogens (tertiary/aromatic N) is 3. The summed E-state index contributed by atoms with van der Waals surface area (Å²) in [6.07, 6.45) is 2.30. The van der Waals surface area contributed by atoms with E-state index in [1.54, 1.807) is 24.4 Å². The molecule has 0 radical (unpaired) electrons. The second kappa shape index (κ2) is 8.02. The Labute approximate surface area is 141 Å². The van der Waals surface area contributed by atoms with Crippen molar-refractivity contribution < 1.29 is 4.39 Å². The van der Waals surface area contributed by atoms with Gasteiger partial charge in [0.05, 0.1) is 17.1 Å². The highest BCUT2D eigenvalue weighted by Crippen LogP contribution is 2.24. The maximum Gasteiger partial charge on any atom is 0.213 e. The molecule has 0 aliphatic rings. The van der Waals surface area contributed by atoms with E-state index >= 15 is 0 Å². The monoisotopic (exact) mass is 322 g/mol. The fourth-order valence-electron chi connectivity index (χ4n) is 2.35. The minimum Gasteiger partial charge on any atom is -0.340 e. The standard InChI is InChI=1S/C17H13FN4.C2H6/c1-2-12-8-16(18)22-15-4-3-13(9-14(12)15)21-17-7-11(10-19)5-6-20-17;1-2/h3-9H,2H2,1H3,(H,20,21);1-2H3. The summed E-state index contributed by atoms with van der Waals surface area (Å²) in [6.45, 7) is 5.98. The molecule has 2 aromatic heterocycles. The van der Waals surface area contributed by atoms with Crippen LogP contribution in [0.5, 0.6) is 0 Å². The Bertz CT molecular complexity index is 884. The topological polar surface area (TPSA) is 61.6 Å².